The first-order valence-electron chi connectivity index (χ1n) is 11.2. The van der Waals surface area contributed by atoms with Crippen LogP contribution >= 0.6 is 11.8 Å². The second kappa shape index (κ2) is 10.3. The van der Waals surface area contributed by atoms with Gasteiger partial charge in [0.25, 0.3) is 0 Å². The van der Waals surface area contributed by atoms with Crippen LogP contribution in [0, 0.1) is 5.82 Å². The molecule has 2 amide bonds. The molecule has 9 nitrogen and oxygen atoms in total. The molecule has 2 aliphatic rings. The molecule has 2 N–H and O–H groups in total. The summed E-state index contributed by atoms with van der Waals surface area (Å²) >= 11 is 1.10. The number of carboxylic acid groups (broad SMARTS) is 1. The summed E-state index contributed by atoms with van der Waals surface area (Å²) in [5, 5.41) is 11.3. The van der Waals surface area contributed by atoms with E-state index in [0.29, 0.717) is 22.9 Å². The molecule has 1 saturated heterocycles. The standard InChI is InChI=1S/C26H20FN3O6S/c27-17-5-7-18(8-6-17)29-26-30(13-15-4-9-20-21(10-15)36-14-35-20)23(31)12-22(37-26)24(32)28-19-3-1-2-16(11-19)25(33)34/h1-11,22H,12-14H2,(H,28,32)(H,33,34). The van der Waals surface area contributed by atoms with Gasteiger partial charge in [-0.3, -0.25) is 14.5 Å². The summed E-state index contributed by atoms with van der Waals surface area (Å²) in [6.45, 7) is 0.304. The largest absolute Gasteiger partial charge is 0.478 e. The SMILES string of the molecule is O=C(O)c1cccc(NC(=O)C2CC(=O)N(Cc3ccc4c(c3)OCO4)C(=Nc3ccc(F)cc3)S2)c1. The number of fused-ring (bicyclic) bond motifs is 1. The number of amides is 2. The van der Waals surface area contributed by atoms with Gasteiger partial charge in [-0.2, -0.15) is 0 Å². The monoisotopic (exact) mass is 521 g/mol. The van der Waals surface area contributed by atoms with Crippen LogP contribution < -0.4 is 14.8 Å². The molecule has 0 saturated carbocycles. The molecule has 2 heterocycles. The highest BCUT2D eigenvalue weighted by molar-refractivity contribution is 8.15. The average molecular weight is 522 g/mol. The number of carbonyl (C=O) groups is 3. The topological polar surface area (TPSA) is 118 Å². The van der Waals surface area contributed by atoms with Gasteiger partial charge in [-0.15, -0.1) is 0 Å². The van der Waals surface area contributed by atoms with E-state index in [1.165, 1.54) is 47.4 Å². The van der Waals surface area contributed by atoms with Gasteiger partial charge >= 0.3 is 5.97 Å². The first-order valence-corrected chi connectivity index (χ1v) is 12.1. The van der Waals surface area contributed by atoms with Gasteiger partial charge in [0.1, 0.15) is 11.1 Å². The second-order valence-corrected chi connectivity index (χ2v) is 9.39. The van der Waals surface area contributed by atoms with Crippen molar-refractivity contribution in [3.63, 3.8) is 0 Å². The number of carbonyl (C=O) groups excluding carboxylic acids is 2. The number of carboxylic acids is 1. The minimum absolute atomic E-state index is 0.0265. The van der Waals surface area contributed by atoms with Crippen LogP contribution in [0.25, 0.3) is 0 Å². The van der Waals surface area contributed by atoms with Gasteiger partial charge in [-0.1, -0.05) is 23.9 Å². The van der Waals surface area contributed by atoms with Crippen LogP contribution in [0.1, 0.15) is 22.3 Å². The summed E-state index contributed by atoms with van der Waals surface area (Å²) in [4.78, 5) is 43.6. The van der Waals surface area contributed by atoms with Crippen LogP contribution in [0.3, 0.4) is 0 Å². The van der Waals surface area contributed by atoms with E-state index in [4.69, 9.17) is 9.47 Å². The fourth-order valence-electron chi connectivity index (χ4n) is 3.80. The Morgan fingerprint density at radius 1 is 1.08 bits per heavy atom. The lowest BCUT2D eigenvalue weighted by atomic mass is 10.1. The predicted molar refractivity (Wildman–Crippen MR) is 135 cm³/mol. The van der Waals surface area contributed by atoms with E-state index in [-0.39, 0.29) is 36.4 Å². The number of thioether (sulfide) groups is 1. The van der Waals surface area contributed by atoms with E-state index in [9.17, 15) is 23.9 Å². The van der Waals surface area contributed by atoms with Crippen molar-refractivity contribution in [2.24, 2.45) is 4.99 Å². The number of benzene rings is 3. The van der Waals surface area contributed by atoms with E-state index in [2.05, 4.69) is 10.3 Å². The molecule has 2 aliphatic heterocycles. The van der Waals surface area contributed by atoms with Gasteiger partial charge in [0.2, 0.25) is 18.6 Å². The van der Waals surface area contributed by atoms with Gasteiger partial charge in [0.15, 0.2) is 16.7 Å². The molecule has 0 aromatic heterocycles. The van der Waals surface area contributed by atoms with Crippen LogP contribution in [0.2, 0.25) is 0 Å². The van der Waals surface area contributed by atoms with E-state index in [0.717, 1.165) is 17.3 Å². The number of nitrogens with zero attached hydrogens (tertiary/aromatic N) is 2. The molecule has 0 spiro atoms. The molecule has 0 bridgehead atoms. The van der Waals surface area contributed by atoms with E-state index in [1.54, 1.807) is 18.2 Å². The summed E-state index contributed by atoms with van der Waals surface area (Å²) in [6, 6.07) is 16.7. The third-order valence-electron chi connectivity index (χ3n) is 5.64. The molecule has 5 rings (SSSR count). The highest BCUT2D eigenvalue weighted by Crippen LogP contribution is 2.35. The first-order chi connectivity index (χ1) is 17.9. The Kier molecular flexibility index (Phi) is 6.78. The molecule has 0 radical (unpaired) electrons. The summed E-state index contributed by atoms with van der Waals surface area (Å²) in [5.41, 5.74) is 1.53. The van der Waals surface area contributed by atoms with Crippen molar-refractivity contribution >= 4 is 46.1 Å². The van der Waals surface area contributed by atoms with Crippen LogP contribution in [-0.2, 0) is 16.1 Å². The van der Waals surface area contributed by atoms with Crippen molar-refractivity contribution < 1.29 is 33.4 Å². The molecule has 1 fully saturated rings. The van der Waals surface area contributed by atoms with Gasteiger partial charge in [0.05, 0.1) is 17.8 Å². The Balaban J connectivity index is 1.40. The number of anilines is 1. The summed E-state index contributed by atoms with van der Waals surface area (Å²) in [6.07, 6.45) is -0.0951. The van der Waals surface area contributed by atoms with E-state index < -0.39 is 22.9 Å². The maximum Gasteiger partial charge on any atom is 0.335 e. The Morgan fingerprint density at radius 3 is 2.65 bits per heavy atom. The molecule has 11 heteroatoms. The molecule has 188 valence electrons. The third kappa shape index (κ3) is 5.56. The quantitative estimate of drug-likeness (QED) is 0.493. The highest BCUT2D eigenvalue weighted by atomic mass is 32.2. The predicted octanol–water partition coefficient (Wildman–Crippen LogP) is 4.41. The smallest absolute Gasteiger partial charge is 0.335 e. The second-order valence-electron chi connectivity index (χ2n) is 8.22. The molecule has 37 heavy (non-hydrogen) atoms. The van der Waals surface area contributed by atoms with Crippen molar-refractivity contribution in [2.45, 2.75) is 18.2 Å². The Labute approximate surface area is 214 Å². The number of hydrogen-bond donors (Lipinski definition) is 2. The maximum absolute atomic E-state index is 13.4. The molecule has 3 aromatic carbocycles. The number of halogens is 1. The Hall–Kier alpha value is -4.38. The van der Waals surface area contributed by atoms with Crippen LogP contribution in [0.5, 0.6) is 11.5 Å². The summed E-state index contributed by atoms with van der Waals surface area (Å²) in [5.74, 6) is -1.13. The Morgan fingerprint density at radius 2 is 1.86 bits per heavy atom. The van der Waals surface area contributed by atoms with Gasteiger partial charge < -0.3 is 19.9 Å². The molecular formula is C26H20FN3O6S. The lowest BCUT2D eigenvalue weighted by Crippen LogP contribution is -2.44. The number of hydrogen-bond acceptors (Lipinski definition) is 7. The van der Waals surface area contributed by atoms with Crippen molar-refractivity contribution in [1.82, 2.24) is 4.90 Å². The van der Waals surface area contributed by atoms with Crippen molar-refractivity contribution in [3.05, 3.63) is 83.7 Å². The number of aliphatic imine (C=N–C) groups is 1. The Bertz CT molecular complexity index is 1410. The molecule has 1 unspecified atom stereocenters. The summed E-state index contributed by atoms with van der Waals surface area (Å²) in [7, 11) is 0. The zero-order chi connectivity index (χ0) is 25.9. The van der Waals surface area contributed by atoms with Crippen molar-refractivity contribution in [2.75, 3.05) is 12.1 Å². The lowest BCUT2D eigenvalue weighted by Gasteiger charge is -2.32. The number of aromatic carboxylic acids is 1. The number of ether oxygens (including phenoxy) is 2. The summed E-state index contributed by atoms with van der Waals surface area (Å²) < 4.78 is 24.2. The molecule has 1 atom stereocenters. The van der Waals surface area contributed by atoms with E-state index >= 15 is 0 Å². The lowest BCUT2D eigenvalue weighted by molar-refractivity contribution is -0.129. The van der Waals surface area contributed by atoms with Crippen LogP contribution in [-0.4, -0.2) is 45.0 Å². The molecule has 3 aromatic rings. The van der Waals surface area contributed by atoms with E-state index in [1.807, 2.05) is 6.07 Å². The highest BCUT2D eigenvalue weighted by Gasteiger charge is 2.36. The zero-order valence-corrected chi connectivity index (χ0v) is 20.0. The maximum atomic E-state index is 13.4. The molecular weight excluding hydrogens is 501 g/mol. The zero-order valence-electron chi connectivity index (χ0n) is 19.2. The third-order valence-corrected chi connectivity index (χ3v) is 6.83. The number of rotatable bonds is 6. The van der Waals surface area contributed by atoms with Gasteiger partial charge in [-0.05, 0) is 60.2 Å². The van der Waals surface area contributed by atoms with Crippen molar-refractivity contribution in [3.8, 4) is 11.5 Å². The fraction of sp³-hybridized carbons (Fsp3) is 0.154. The van der Waals surface area contributed by atoms with Crippen LogP contribution in [0.15, 0.2) is 71.7 Å². The first kappa shape index (κ1) is 24.3. The average Bonchev–Trinajstić information content (AvgIpc) is 3.35. The minimum atomic E-state index is -1.12. The normalized spacial score (nSPS) is 17.6. The minimum Gasteiger partial charge on any atom is -0.478 e. The van der Waals surface area contributed by atoms with Crippen LogP contribution in [0.4, 0.5) is 15.8 Å². The van der Waals surface area contributed by atoms with Crippen molar-refractivity contribution in [1.29, 1.82) is 0 Å². The van der Waals surface area contributed by atoms with Gasteiger partial charge in [-0.25, -0.2) is 14.2 Å². The fourth-order valence-corrected chi connectivity index (χ4v) is 4.90. The number of nitrogens with one attached hydrogen (secondary N) is 1. The molecule has 0 aliphatic carbocycles. The number of amidine groups is 1. The van der Waals surface area contributed by atoms with Gasteiger partial charge in [0, 0.05) is 12.1 Å².